The summed E-state index contributed by atoms with van der Waals surface area (Å²) in [6, 6.07) is 14.8. The largest absolute Gasteiger partial charge is 0.573 e. The average molecular weight is 651 g/mol. The first-order valence-electron chi connectivity index (χ1n) is 14.4. The van der Waals surface area contributed by atoms with Crippen molar-refractivity contribution in [3.05, 3.63) is 112 Å². The van der Waals surface area contributed by atoms with Gasteiger partial charge in [0.25, 0.3) is 5.56 Å². The lowest BCUT2D eigenvalue weighted by atomic mass is 9.96. The van der Waals surface area contributed by atoms with E-state index in [9.17, 15) is 22.8 Å². The fourth-order valence-corrected chi connectivity index (χ4v) is 5.58. The Hall–Kier alpha value is -4.97. The van der Waals surface area contributed by atoms with E-state index in [0.717, 1.165) is 0 Å². The van der Waals surface area contributed by atoms with E-state index in [2.05, 4.69) is 25.0 Å². The third-order valence-electron chi connectivity index (χ3n) is 7.69. The number of rotatable bonds is 4. The highest BCUT2D eigenvalue weighted by molar-refractivity contribution is 6.31. The molecule has 3 heterocycles. The minimum Gasteiger partial charge on any atom is -0.406 e. The highest BCUT2D eigenvalue weighted by atomic mass is 35.5. The first-order chi connectivity index (χ1) is 22.0. The predicted molar refractivity (Wildman–Crippen MR) is 169 cm³/mol. The minimum absolute atomic E-state index is 0.188. The van der Waals surface area contributed by atoms with Crippen molar-refractivity contribution >= 4 is 23.2 Å². The Bertz CT molecular complexity index is 1870. The maximum absolute atomic E-state index is 13.8. The molecule has 2 aromatic heterocycles. The number of ether oxygens (including phenoxy) is 1. The van der Waals surface area contributed by atoms with Crippen LogP contribution < -0.4 is 21.3 Å². The summed E-state index contributed by atoms with van der Waals surface area (Å²) in [6.07, 6.45) is 1.22. The molecule has 9 nitrogen and oxygen atoms in total. The molecular formula is C33H30ClF3N6O3. The molecule has 2 aromatic carbocycles. The van der Waals surface area contributed by atoms with E-state index >= 15 is 0 Å². The maximum atomic E-state index is 13.8. The number of aromatic nitrogens is 3. The number of carbonyl (C=O) groups is 1. The number of allylic oxidation sites excluding steroid dienone is 1. The maximum Gasteiger partial charge on any atom is 0.573 e. The Balaban J connectivity index is 1.55. The standard InChI is InChI=1S/C33H30ClF3N6O3/c1-19-4-3-5-29(27-14-21(12-13-40-27)31(39-2)28(17-38)42-32(19)45)43-18-41-26(16-30(43)44)25-15-22(34)8-11-24(25)20-6-9-23(10-7-20)46-33(35,36)37/h6-19,29H,3-5,38H2,1-2H3,(H,42,45). The molecule has 46 heavy (non-hydrogen) atoms. The summed E-state index contributed by atoms with van der Waals surface area (Å²) >= 11 is 6.32. The first-order valence-corrected chi connectivity index (χ1v) is 14.8. The van der Waals surface area contributed by atoms with Crippen LogP contribution in [-0.2, 0) is 4.79 Å². The normalized spacial score (nSPS) is 19.3. The summed E-state index contributed by atoms with van der Waals surface area (Å²) in [4.78, 5) is 40.2. The van der Waals surface area contributed by atoms with Crippen molar-refractivity contribution in [3.63, 3.8) is 0 Å². The van der Waals surface area contributed by atoms with Crippen molar-refractivity contribution in [1.29, 1.82) is 0 Å². The Morgan fingerprint density at radius 2 is 1.78 bits per heavy atom. The van der Waals surface area contributed by atoms with Crippen molar-refractivity contribution in [3.8, 4) is 28.1 Å². The lowest BCUT2D eigenvalue weighted by Crippen LogP contribution is -2.33. The summed E-state index contributed by atoms with van der Waals surface area (Å²) in [6.45, 7) is 1.83. The fraction of sp³-hybridized carbons (Fsp3) is 0.242. The Morgan fingerprint density at radius 3 is 2.46 bits per heavy atom. The molecule has 0 saturated carbocycles. The lowest BCUT2D eigenvalue weighted by molar-refractivity contribution is -0.274. The molecule has 5 rings (SSSR count). The van der Waals surface area contributed by atoms with Crippen molar-refractivity contribution in [1.82, 2.24) is 19.9 Å². The van der Waals surface area contributed by atoms with Crippen LogP contribution in [0.3, 0.4) is 0 Å². The summed E-state index contributed by atoms with van der Waals surface area (Å²) in [5.41, 5.74) is 9.65. The van der Waals surface area contributed by atoms with Gasteiger partial charge in [0, 0.05) is 47.6 Å². The monoisotopic (exact) mass is 650 g/mol. The third-order valence-corrected chi connectivity index (χ3v) is 7.92. The van der Waals surface area contributed by atoms with Gasteiger partial charge in [-0.25, -0.2) is 4.98 Å². The number of pyridine rings is 1. The Labute approximate surface area is 267 Å². The van der Waals surface area contributed by atoms with Gasteiger partial charge in [0.1, 0.15) is 5.75 Å². The zero-order valence-corrected chi connectivity index (χ0v) is 25.6. The van der Waals surface area contributed by atoms with Gasteiger partial charge in [-0.3, -0.25) is 24.1 Å². The van der Waals surface area contributed by atoms with Crippen LogP contribution in [0.1, 0.15) is 43.5 Å². The van der Waals surface area contributed by atoms with Gasteiger partial charge >= 0.3 is 6.36 Å². The topological polar surface area (TPSA) is 124 Å². The number of fused-ring (bicyclic) bond motifs is 2. The predicted octanol–water partition coefficient (Wildman–Crippen LogP) is 6.27. The fourth-order valence-electron chi connectivity index (χ4n) is 5.40. The van der Waals surface area contributed by atoms with Gasteiger partial charge in [-0.05, 0) is 60.4 Å². The van der Waals surface area contributed by atoms with Gasteiger partial charge < -0.3 is 15.8 Å². The summed E-state index contributed by atoms with van der Waals surface area (Å²) in [5.74, 6) is -0.871. The molecule has 3 N–H and O–H groups in total. The molecule has 0 aliphatic carbocycles. The molecule has 1 amide bonds. The highest BCUT2D eigenvalue weighted by Gasteiger charge is 2.31. The molecule has 238 valence electrons. The van der Waals surface area contributed by atoms with Crippen LogP contribution in [0.15, 0.2) is 94.9 Å². The van der Waals surface area contributed by atoms with Gasteiger partial charge in [-0.1, -0.05) is 43.1 Å². The van der Waals surface area contributed by atoms with Gasteiger partial charge in [-0.15, -0.1) is 13.2 Å². The summed E-state index contributed by atoms with van der Waals surface area (Å²) in [7, 11) is 1.60. The van der Waals surface area contributed by atoms with Gasteiger partial charge in [0.05, 0.1) is 35.2 Å². The second-order valence-corrected chi connectivity index (χ2v) is 11.2. The van der Waals surface area contributed by atoms with E-state index in [4.69, 9.17) is 17.3 Å². The van der Waals surface area contributed by atoms with E-state index in [1.165, 1.54) is 47.4 Å². The molecule has 0 fully saturated rings. The molecule has 2 bridgehead atoms. The van der Waals surface area contributed by atoms with Gasteiger partial charge in [0.15, 0.2) is 0 Å². The average Bonchev–Trinajstić information content (AvgIpc) is 3.02. The number of benzene rings is 2. The molecule has 13 heteroatoms. The quantitative estimate of drug-likeness (QED) is 0.268. The summed E-state index contributed by atoms with van der Waals surface area (Å²) in [5, 5.41) is 3.26. The smallest absolute Gasteiger partial charge is 0.406 e. The van der Waals surface area contributed by atoms with Crippen LogP contribution in [0.2, 0.25) is 5.02 Å². The Morgan fingerprint density at radius 1 is 1.02 bits per heavy atom. The molecule has 4 aromatic rings. The highest BCUT2D eigenvalue weighted by Crippen LogP contribution is 2.35. The van der Waals surface area contributed by atoms with E-state index in [0.29, 0.717) is 69.3 Å². The second kappa shape index (κ2) is 13.6. The van der Waals surface area contributed by atoms with Crippen LogP contribution in [-0.4, -0.2) is 39.6 Å². The second-order valence-electron chi connectivity index (χ2n) is 10.7. The molecule has 2 unspecified atom stereocenters. The number of alkyl halides is 3. The first kappa shape index (κ1) is 32.4. The number of carbonyl (C=O) groups excluding carboxylic acids is 1. The van der Waals surface area contributed by atoms with Crippen LogP contribution in [0.5, 0.6) is 5.75 Å². The van der Waals surface area contributed by atoms with Gasteiger partial charge in [0.2, 0.25) is 5.91 Å². The van der Waals surface area contributed by atoms with Crippen molar-refractivity contribution in [2.24, 2.45) is 16.6 Å². The number of nitrogens with zero attached hydrogens (tertiary/aromatic N) is 4. The van der Waals surface area contributed by atoms with E-state index < -0.39 is 12.4 Å². The number of aliphatic imine (C=N–C) groups is 1. The molecule has 2 atom stereocenters. The van der Waals surface area contributed by atoms with E-state index in [1.54, 1.807) is 37.5 Å². The zero-order chi connectivity index (χ0) is 33.0. The van der Waals surface area contributed by atoms with Crippen LogP contribution in [0.25, 0.3) is 22.4 Å². The van der Waals surface area contributed by atoms with E-state index in [1.807, 2.05) is 13.0 Å². The number of hydrogen-bond donors (Lipinski definition) is 2. The van der Waals surface area contributed by atoms with Crippen molar-refractivity contribution in [2.45, 2.75) is 38.6 Å². The molecule has 0 saturated heterocycles. The zero-order valence-electron chi connectivity index (χ0n) is 24.9. The van der Waals surface area contributed by atoms with Crippen LogP contribution in [0.4, 0.5) is 13.2 Å². The molecule has 1 aliphatic heterocycles. The molecule has 0 radical (unpaired) electrons. The molecule has 1 aliphatic rings. The van der Waals surface area contributed by atoms with Crippen molar-refractivity contribution in [2.75, 3.05) is 7.05 Å². The SMILES string of the molecule is CN=C1C(=CN)NC(=O)C(C)CCCC(n2cnc(-c3cc(Cl)ccc3-c3ccc(OC(F)(F)F)cc3)cc2=O)c2cc1ccn2. The summed E-state index contributed by atoms with van der Waals surface area (Å²) < 4.78 is 43.5. The number of amides is 1. The Kier molecular flexibility index (Phi) is 9.57. The third kappa shape index (κ3) is 7.28. The molecular weight excluding hydrogens is 621 g/mol. The number of nitrogens with two attached hydrogens (primary N) is 1. The molecule has 0 spiro atoms. The lowest BCUT2D eigenvalue weighted by Gasteiger charge is -2.23. The minimum atomic E-state index is -4.81. The number of nitrogens with one attached hydrogen (secondary N) is 1. The van der Waals surface area contributed by atoms with Crippen molar-refractivity contribution < 1.29 is 22.7 Å². The van der Waals surface area contributed by atoms with E-state index in [-0.39, 0.29) is 23.1 Å². The van der Waals surface area contributed by atoms with Crippen LogP contribution in [0, 0.1) is 5.92 Å². The number of halogens is 4. The van der Waals surface area contributed by atoms with Gasteiger partial charge in [-0.2, -0.15) is 0 Å². The number of hydrogen-bond acceptors (Lipinski definition) is 7. The van der Waals surface area contributed by atoms with Crippen LogP contribution >= 0.6 is 11.6 Å².